The van der Waals surface area contributed by atoms with Crippen molar-refractivity contribution in [3.8, 4) is 0 Å². The minimum absolute atomic E-state index is 0. The maximum Gasteiger partial charge on any atom is 2.00 e. The Morgan fingerprint density at radius 2 is 1.07 bits per heavy atom. The molecule has 2 aromatic carbocycles. The minimum Gasteiger partial charge on any atom is -1.00 e. The monoisotopic (exact) mass is 1890 g/mol. The van der Waals surface area contributed by atoms with Crippen molar-refractivity contribution in [2.24, 2.45) is 26.4 Å². The summed E-state index contributed by atoms with van der Waals surface area (Å²) in [5.74, 6) is -0.530. The number of esters is 2. The molecule has 11 N–H and O–H groups in total. The van der Waals surface area contributed by atoms with Crippen LogP contribution in [0, 0.1) is 6.42 Å². The summed E-state index contributed by atoms with van der Waals surface area (Å²) in [4.78, 5) is 103. The van der Waals surface area contributed by atoms with E-state index in [1.165, 1.54) is 27.1 Å². The quantitative estimate of drug-likeness (QED) is 0.0112. The molecule has 5 unspecified atom stereocenters. The minimum atomic E-state index is -3.60. The molecular formula is C82H124Br3MgN12O20P. The van der Waals surface area contributed by atoms with E-state index >= 15 is 0 Å². The van der Waals surface area contributed by atoms with E-state index in [4.69, 9.17) is 74.7 Å². The molecule has 11 rings (SSSR count). The van der Waals surface area contributed by atoms with Crippen LogP contribution in [-0.2, 0) is 67.8 Å². The number of alkyl carbamates (subject to hydrolysis) is 3. The molecule has 4 aliphatic heterocycles. The number of morpholine rings is 2. The number of hydrogen-bond acceptors (Lipinski definition) is 27. The molecule has 0 radical (unpaired) electrons. The fourth-order valence-corrected chi connectivity index (χ4v) is 13.3. The topological polar surface area (TPSA) is 449 Å². The Morgan fingerprint density at radius 3 is 1.45 bits per heavy atom. The Hall–Kier alpha value is -6.32. The van der Waals surface area contributed by atoms with E-state index in [1.807, 2.05) is 110 Å². The van der Waals surface area contributed by atoms with Crippen LogP contribution in [0.25, 0.3) is 0 Å². The van der Waals surface area contributed by atoms with Crippen molar-refractivity contribution in [1.29, 1.82) is 0 Å². The molecular weight excluding hydrogens is 1770 g/mol. The second-order valence-corrected chi connectivity index (χ2v) is 35.7. The van der Waals surface area contributed by atoms with E-state index in [-0.39, 0.29) is 127 Å². The number of halogens is 3. The molecule has 2 saturated heterocycles. The Balaban J connectivity index is 0.000000515. The fraction of sp³-hybridized carbons (Fsp3) is 0.598. The molecule has 4 aromatic rings. The summed E-state index contributed by atoms with van der Waals surface area (Å²) in [6.45, 7) is 28.4. The third-order valence-corrected chi connectivity index (χ3v) is 20.9. The second kappa shape index (κ2) is 53.0. The third-order valence-electron chi connectivity index (χ3n) is 17.3. The van der Waals surface area contributed by atoms with E-state index in [0.717, 1.165) is 51.3 Å². The number of ketones is 1. The molecule has 32 nitrogen and oxygen atoms in total. The number of aliphatic hydroxyl groups is 4. The first-order chi connectivity index (χ1) is 54.9. The van der Waals surface area contributed by atoms with Crippen molar-refractivity contribution in [2.45, 2.75) is 238 Å². The standard InChI is InChI=1S/C26H31BrN5O6P.C19H17BrN2O3.C10H19NO3.C8H17NO3.C8H15NO3.C5H11NO.C3H9NO.C3H5.BrH.Mg/c1-35-24(33)8-7-23-26(38-39(34,31-10-14-36-15-11-31)32-12-16-37-17-13-32)30-21-6-5-19(27)18-20(21)25(29-23)22-4-2-3-9-28-22;1-25-18(24)8-7-15-17(23)10-12-5-6-13(20)11-14(12)19(22-15)16-4-2-3-9-21-16;1-7(10(13)5-6-10)11-8(12)14-9(2,3)4;2*1-6(5-10)9-7(11)12-8(2,3)4;1-4(6)5(7)2-3-5;1-3(4)2-5;1-2-3-1;;/h2-6,9,18,23H,7-8,10-17H2,1H3;2-6,9,11,15H,7-8,10H2,1H3;7,13H,5-6H2,1-4H3,(H,11,12);6,10H,5H2,1-4H3,(H,9,11);5-6H,1-4H3,(H,9,11);4,7H,2-3,6H2,1H3;3,5H,2,4H2,1H3;1H,2-3H2;1H;/q;;;;;;;-1;;+2/p-1/t23-;15-;;;;;;;;/m00......../s1. The van der Waals surface area contributed by atoms with Gasteiger partial charge in [-0.05, 0) is 196 Å². The van der Waals surface area contributed by atoms with Crippen molar-refractivity contribution in [1.82, 2.24) is 35.3 Å². The Bertz CT molecular complexity index is 3920. The smallest absolute Gasteiger partial charge is 1.00 e. The van der Waals surface area contributed by atoms with Gasteiger partial charge in [0.1, 0.15) is 35.2 Å². The second-order valence-electron chi connectivity index (χ2n) is 31.6. The largest absolute Gasteiger partial charge is 2.00 e. The van der Waals surface area contributed by atoms with Gasteiger partial charge in [-0.25, -0.2) is 46.1 Å². The number of Topliss-reactive ketones (excluding diaryl/α,β-unsaturated/α-hetero) is 1. The van der Waals surface area contributed by atoms with Gasteiger partial charge in [0.2, 0.25) is 5.90 Å². The van der Waals surface area contributed by atoms with Gasteiger partial charge in [-0.1, -0.05) is 50.1 Å². The molecule has 7 aliphatic rings. The van der Waals surface area contributed by atoms with Gasteiger partial charge in [-0.15, -0.1) is 0 Å². The number of nitrogens with two attached hydrogens (primary N) is 2. The Morgan fingerprint density at radius 1 is 0.647 bits per heavy atom. The zero-order valence-corrected chi connectivity index (χ0v) is 78.6. The van der Waals surface area contributed by atoms with Crippen LogP contribution in [0.1, 0.15) is 189 Å². The average Bonchev–Trinajstić information content (AvgIpc) is 1.77. The number of aromatic nitrogens is 2. The normalized spacial score (nSPS) is 18.5. The summed E-state index contributed by atoms with van der Waals surface area (Å²) < 4.78 is 62.4. The van der Waals surface area contributed by atoms with Crippen LogP contribution in [0.4, 0.5) is 20.1 Å². The summed E-state index contributed by atoms with van der Waals surface area (Å²) in [6.07, 6.45) is 11.9. The van der Waals surface area contributed by atoms with Crippen LogP contribution in [0.5, 0.6) is 0 Å². The number of hydrogen-bond donors (Lipinski definition) is 9. The number of aliphatic imine (C=N–C) groups is 3. The number of pyridine rings is 2. The van der Waals surface area contributed by atoms with Gasteiger partial charge in [0.05, 0.1) is 112 Å². The zero-order valence-electron chi connectivity index (χ0n) is 71.5. The Kier molecular flexibility index (Phi) is 48.4. The molecule has 3 aliphatic carbocycles. The predicted octanol–water partition coefficient (Wildman–Crippen LogP) is 7.17. The van der Waals surface area contributed by atoms with Gasteiger partial charge in [0.15, 0.2) is 5.78 Å². The van der Waals surface area contributed by atoms with Gasteiger partial charge < -0.3 is 114 Å². The number of nitrogens with one attached hydrogen (secondary N) is 3. The number of carbonyl (C=O) groups excluding carboxylic acids is 7. The number of rotatable bonds is 19. The van der Waals surface area contributed by atoms with Crippen molar-refractivity contribution < 1.29 is 113 Å². The van der Waals surface area contributed by atoms with Gasteiger partial charge in [0.25, 0.3) is 0 Å². The van der Waals surface area contributed by atoms with E-state index < -0.39 is 72.1 Å². The van der Waals surface area contributed by atoms with Crippen LogP contribution in [0.15, 0.2) is 109 Å². The summed E-state index contributed by atoms with van der Waals surface area (Å²) in [7, 11) is -0.908. The maximum absolute atomic E-state index is 14.8. The van der Waals surface area contributed by atoms with Crippen LogP contribution >= 0.6 is 39.5 Å². The van der Waals surface area contributed by atoms with E-state index in [9.17, 15) is 43.2 Å². The van der Waals surface area contributed by atoms with E-state index in [2.05, 4.69) is 68.9 Å². The first-order valence-electron chi connectivity index (χ1n) is 39.1. The molecule has 119 heavy (non-hydrogen) atoms. The molecule has 3 amide bonds. The molecule has 3 saturated carbocycles. The first-order valence-corrected chi connectivity index (χ1v) is 42.2. The number of benzene rings is 2. The van der Waals surface area contributed by atoms with Crippen LogP contribution in [0.3, 0.4) is 0 Å². The van der Waals surface area contributed by atoms with Crippen LogP contribution in [0.2, 0.25) is 0 Å². The first kappa shape index (κ1) is 109. The number of aliphatic hydroxyl groups excluding tert-OH is 2. The predicted molar refractivity (Wildman–Crippen MR) is 459 cm³/mol. The maximum atomic E-state index is 14.8. The molecule has 37 heteroatoms. The van der Waals surface area contributed by atoms with Crippen molar-refractivity contribution in [3.05, 3.63) is 129 Å². The Labute approximate surface area is 744 Å². The number of nitrogens with zero attached hydrogens (tertiary/aromatic N) is 7. The molecule has 5 fully saturated rings. The zero-order chi connectivity index (χ0) is 87.5. The molecule has 0 spiro atoms. The van der Waals surface area contributed by atoms with Gasteiger partial charge >= 0.3 is 60.9 Å². The summed E-state index contributed by atoms with van der Waals surface area (Å²) in [5, 5.41) is 42.8. The number of amides is 3. The number of fused-ring (bicyclic) bond motifs is 2. The third kappa shape index (κ3) is 42.1. The molecule has 7 atom stereocenters. The number of ether oxygens (including phenoxy) is 7. The van der Waals surface area contributed by atoms with Crippen molar-refractivity contribution in [2.75, 3.05) is 80.0 Å². The summed E-state index contributed by atoms with van der Waals surface area (Å²) >= 11 is 7.04. The number of carbonyl (C=O) groups is 7. The van der Waals surface area contributed by atoms with Crippen LogP contribution < -0.4 is 44.4 Å². The van der Waals surface area contributed by atoms with Gasteiger partial charge in [-0.2, -0.15) is 0 Å². The molecule has 6 heterocycles. The van der Waals surface area contributed by atoms with Crippen LogP contribution in [-0.4, -0.2) is 273 Å². The fourth-order valence-electron chi connectivity index (χ4n) is 10.3. The van der Waals surface area contributed by atoms with Crippen molar-refractivity contribution in [3.63, 3.8) is 0 Å². The molecule has 2 aromatic heterocycles. The van der Waals surface area contributed by atoms with E-state index in [1.54, 1.807) is 81.6 Å². The van der Waals surface area contributed by atoms with Gasteiger partial charge in [0, 0.05) is 90.0 Å². The van der Waals surface area contributed by atoms with Gasteiger partial charge in [-0.3, -0.25) is 34.3 Å². The summed E-state index contributed by atoms with van der Waals surface area (Å²) in [6, 6.07) is 20.3. The molecule has 660 valence electrons. The summed E-state index contributed by atoms with van der Waals surface area (Å²) in [5.41, 5.74) is 13.6. The number of aldehydes is 1. The number of methoxy groups -OCH3 is 2. The average molecular weight is 1890 g/mol. The SMILES string of the molecule is CC(C=O)NC(=O)OC(C)(C)C.CC(CO)NC(=O)OC(C)(C)C.CC(N)C1(O)CC1.CC(N)CO.CC(NC(=O)OC(C)(C)C)C1(O)CC1.COC(=O)CC[C@@H]1N=C(c2ccccn2)c2cc(Br)ccc2CC1=O.COC(=O)CC[C@@H]1N=C(c2ccccn2)c2cc(Br)ccc2N=C1OP(=O)(N1CCOCC1)N1CCOCC1.[Br-].[CH-]1CC1.[Mg+2]. The van der Waals surface area contributed by atoms with E-state index in [0.29, 0.717) is 93.8 Å². The van der Waals surface area contributed by atoms with Crippen molar-refractivity contribution >= 4 is 128 Å². The molecule has 0 bridgehead atoms.